The van der Waals surface area contributed by atoms with Gasteiger partial charge in [-0.1, -0.05) is 13.3 Å². The fourth-order valence-electron chi connectivity index (χ4n) is 1.28. The molecule has 0 radical (unpaired) electrons. The molecule has 1 aromatic rings. The summed E-state index contributed by atoms with van der Waals surface area (Å²) >= 11 is 0. The molecule has 0 saturated heterocycles. The van der Waals surface area contributed by atoms with E-state index in [1.54, 1.807) is 16.8 Å². The summed E-state index contributed by atoms with van der Waals surface area (Å²) in [5.41, 5.74) is -0.0252. The Hall–Kier alpha value is -1.25. The van der Waals surface area contributed by atoms with Gasteiger partial charge in [-0.2, -0.15) is 0 Å². The Morgan fingerprint density at radius 2 is 2.21 bits per heavy atom. The van der Waals surface area contributed by atoms with Crippen LogP contribution in [0.4, 0.5) is 0 Å². The first kappa shape index (κ1) is 10.8. The van der Waals surface area contributed by atoms with Gasteiger partial charge in [-0.05, 0) is 25.5 Å². The molecule has 0 aromatic carbocycles. The van der Waals surface area contributed by atoms with E-state index >= 15 is 0 Å². The highest BCUT2D eigenvalue weighted by Gasteiger charge is 2.01. The Morgan fingerprint density at radius 3 is 2.86 bits per heavy atom. The first-order valence-corrected chi connectivity index (χ1v) is 5.11. The Morgan fingerprint density at radius 1 is 1.43 bits per heavy atom. The van der Waals surface area contributed by atoms with Gasteiger partial charge in [0.15, 0.2) is 5.75 Å². The highest BCUT2D eigenvalue weighted by Crippen LogP contribution is 2.02. The van der Waals surface area contributed by atoms with E-state index in [1.165, 1.54) is 0 Å². The molecule has 1 rings (SSSR count). The summed E-state index contributed by atoms with van der Waals surface area (Å²) in [6.07, 6.45) is 3.92. The second-order valence-corrected chi connectivity index (χ2v) is 3.16. The van der Waals surface area contributed by atoms with Crippen molar-refractivity contribution in [3.05, 3.63) is 28.7 Å². The van der Waals surface area contributed by atoms with Crippen LogP contribution < -0.4 is 10.3 Å². The van der Waals surface area contributed by atoms with Crippen molar-refractivity contribution in [1.82, 2.24) is 4.57 Å². The summed E-state index contributed by atoms with van der Waals surface area (Å²) in [4.78, 5) is 11.7. The Bertz CT molecular complexity index is 330. The summed E-state index contributed by atoms with van der Waals surface area (Å²) < 4.78 is 6.93. The van der Waals surface area contributed by atoms with Crippen LogP contribution in [-0.4, -0.2) is 11.2 Å². The van der Waals surface area contributed by atoms with Crippen LogP contribution in [0.2, 0.25) is 0 Å². The first-order valence-electron chi connectivity index (χ1n) is 5.11. The average Bonchev–Trinajstić information content (AvgIpc) is 2.20. The highest BCUT2D eigenvalue weighted by molar-refractivity contribution is 5.17. The molecule has 3 heteroatoms. The van der Waals surface area contributed by atoms with E-state index in [-0.39, 0.29) is 5.56 Å². The maximum atomic E-state index is 11.7. The van der Waals surface area contributed by atoms with E-state index < -0.39 is 0 Å². The monoisotopic (exact) mass is 195 g/mol. The Balaban J connectivity index is 2.84. The summed E-state index contributed by atoms with van der Waals surface area (Å²) in [5, 5.41) is 0. The van der Waals surface area contributed by atoms with E-state index in [0.717, 1.165) is 19.4 Å². The first-order chi connectivity index (χ1) is 6.79. The Labute approximate surface area is 84.3 Å². The molecule has 0 bridgehead atoms. The van der Waals surface area contributed by atoms with Crippen molar-refractivity contribution < 1.29 is 4.74 Å². The van der Waals surface area contributed by atoms with Crippen LogP contribution in [0.3, 0.4) is 0 Å². The number of hydrogen-bond donors (Lipinski definition) is 0. The van der Waals surface area contributed by atoms with Crippen molar-refractivity contribution in [3.63, 3.8) is 0 Å². The fourth-order valence-corrected chi connectivity index (χ4v) is 1.28. The molecule has 0 aliphatic heterocycles. The van der Waals surface area contributed by atoms with Crippen molar-refractivity contribution in [2.24, 2.45) is 0 Å². The molecule has 3 nitrogen and oxygen atoms in total. The van der Waals surface area contributed by atoms with Gasteiger partial charge in [0, 0.05) is 12.7 Å². The second-order valence-electron chi connectivity index (χ2n) is 3.16. The van der Waals surface area contributed by atoms with Gasteiger partial charge < -0.3 is 9.30 Å². The standard InChI is InChI=1S/C11H17NO2/c1-3-5-8-12-9-6-7-10(11(12)13)14-4-2/h6-7,9H,3-5,8H2,1-2H3. The van der Waals surface area contributed by atoms with Gasteiger partial charge in [0.25, 0.3) is 5.56 Å². The van der Waals surface area contributed by atoms with E-state index in [0.29, 0.717) is 12.4 Å². The summed E-state index contributed by atoms with van der Waals surface area (Å²) in [7, 11) is 0. The van der Waals surface area contributed by atoms with Crippen LogP contribution in [0.5, 0.6) is 5.75 Å². The van der Waals surface area contributed by atoms with Crippen molar-refractivity contribution >= 4 is 0 Å². The third kappa shape index (κ3) is 2.62. The molecule has 0 N–H and O–H groups in total. The minimum absolute atomic E-state index is 0.0252. The zero-order chi connectivity index (χ0) is 10.4. The van der Waals surface area contributed by atoms with E-state index in [1.807, 2.05) is 13.0 Å². The summed E-state index contributed by atoms with van der Waals surface area (Å²) in [6.45, 7) is 5.30. The maximum absolute atomic E-state index is 11.7. The molecule has 14 heavy (non-hydrogen) atoms. The van der Waals surface area contributed by atoms with E-state index in [2.05, 4.69) is 6.92 Å². The third-order valence-electron chi connectivity index (χ3n) is 2.04. The zero-order valence-electron chi connectivity index (χ0n) is 8.82. The number of rotatable bonds is 5. The molecular weight excluding hydrogens is 178 g/mol. The summed E-state index contributed by atoms with van der Waals surface area (Å²) in [5.74, 6) is 0.450. The number of aryl methyl sites for hydroxylation is 1. The average molecular weight is 195 g/mol. The fraction of sp³-hybridized carbons (Fsp3) is 0.545. The normalized spacial score (nSPS) is 10.1. The lowest BCUT2D eigenvalue weighted by Gasteiger charge is -2.07. The molecule has 0 atom stereocenters. The smallest absolute Gasteiger partial charge is 0.292 e. The second kappa shape index (κ2) is 5.47. The zero-order valence-corrected chi connectivity index (χ0v) is 8.82. The van der Waals surface area contributed by atoms with Gasteiger partial charge >= 0.3 is 0 Å². The molecule has 0 unspecified atom stereocenters. The van der Waals surface area contributed by atoms with Crippen molar-refractivity contribution in [2.75, 3.05) is 6.61 Å². The minimum Gasteiger partial charge on any atom is -0.488 e. The van der Waals surface area contributed by atoms with Crippen molar-refractivity contribution in [3.8, 4) is 5.75 Å². The minimum atomic E-state index is -0.0252. The molecule has 1 aromatic heterocycles. The molecule has 0 aliphatic rings. The van der Waals surface area contributed by atoms with Crippen LogP contribution in [0, 0.1) is 0 Å². The lowest BCUT2D eigenvalue weighted by molar-refractivity contribution is 0.331. The van der Waals surface area contributed by atoms with Gasteiger partial charge in [0.1, 0.15) is 0 Å². The van der Waals surface area contributed by atoms with Crippen LogP contribution in [0.15, 0.2) is 23.1 Å². The molecule has 78 valence electrons. The predicted octanol–water partition coefficient (Wildman–Crippen LogP) is 2.05. The number of pyridine rings is 1. The Kier molecular flexibility index (Phi) is 4.23. The molecule has 0 aliphatic carbocycles. The number of hydrogen-bond acceptors (Lipinski definition) is 2. The lowest BCUT2D eigenvalue weighted by atomic mass is 10.3. The largest absolute Gasteiger partial charge is 0.488 e. The topological polar surface area (TPSA) is 31.2 Å². The van der Waals surface area contributed by atoms with Crippen LogP contribution >= 0.6 is 0 Å². The number of unbranched alkanes of at least 4 members (excludes halogenated alkanes) is 1. The van der Waals surface area contributed by atoms with Gasteiger partial charge in [-0.15, -0.1) is 0 Å². The number of aromatic nitrogens is 1. The van der Waals surface area contributed by atoms with Crippen molar-refractivity contribution in [2.45, 2.75) is 33.2 Å². The van der Waals surface area contributed by atoms with Crippen LogP contribution in [-0.2, 0) is 6.54 Å². The highest BCUT2D eigenvalue weighted by atomic mass is 16.5. The van der Waals surface area contributed by atoms with Crippen LogP contribution in [0.25, 0.3) is 0 Å². The quantitative estimate of drug-likeness (QED) is 0.720. The van der Waals surface area contributed by atoms with E-state index in [4.69, 9.17) is 4.74 Å². The van der Waals surface area contributed by atoms with Gasteiger partial charge in [0.2, 0.25) is 0 Å². The van der Waals surface area contributed by atoms with Crippen molar-refractivity contribution in [1.29, 1.82) is 0 Å². The number of nitrogens with zero attached hydrogens (tertiary/aromatic N) is 1. The SMILES string of the molecule is CCCCn1cccc(OCC)c1=O. The third-order valence-corrected chi connectivity index (χ3v) is 2.04. The van der Waals surface area contributed by atoms with Gasteiger partial charge in [-0.3, -0.25) is 4.79 Å². The number of ether oxygens (including phenoxy) is 1. The maximum Gasteiger partial charge on any atom is 0.292 e. The molecule has 0 saturated carbocycles. The van der Waals surface area contributed by atoms with Gasteiger partial charge in [-0.25, -0.2) is 0 Å². The predicted molar refractivity (Wildman–Crippen MR) is 56.8 cm³/mol. The molecule has 0 amide bonds. The molecular formula is C11H17NO2. The van der Waals surface area contributed by atoms with Gasteiger partial charge in [0.05, 0.1) is 6.61 Å². The van der Waals surface area contributed by atoms with E-state index in [9.17, 15) is 4.79 Å². The van der Waals surface area contributed by atoms with Crippen LogP contribution in [0.1, 0.15) is 26.7 Å². The molecule has 1 heterocycles. The molecule has 0 spiro atoms. The molecule has 0 fully saturated rings. The summed E-state index contributed by atoms with van der Waals surface area (Å²) in [6, 6.07) is 3.57. The lowest BCUT2D eigenvalue weighted by Crippen LogP contribution is -2.21.